The molecule has 0 aliphatic heterocycles. The number of nitrogens with one attached hydrogen (secondary N) is 1. The Kier molecular flexibility index (Phi) is 5.84. The van der Waals surface area contributed by atoms with Gasteiger partial charge < -0.3 is 14.8 Å². The molecule has 110 valence electrons. The molecule has 0 aliphatic carbocycles. The summed E-state index contributed by atoms with van der Waals surface area (Å²) in [5.74, 6) is 1.50. The van der Waals surface area contributed by atoms with Gasteiger partial charge in [0, 0.05) is 18.5 Å². The summed E-state index contributed by atoms with van der Waals surface area (Å²) in [4.78, 5) is 0. The highest BCUT2D eigenvalue weighted by Crippen LogP contribution is 2.32. The Morgan fingerprint density at radius 2 is 1.90 bits per heavy atom. The van der Waals surface area contributed by atoms with Gasteiger partial charge in [0.15, 0.2) is 11.5 Å². The van der Waals surface area contributed by atoms with Crippen molar-refractivity contribution in [3.63, 3.8) is 0 Å². The number of hydrogen-bond donors (Lipinski definition) is 1. The van der Waals surface area contributed by atoms with E-state index in [2.05, 4.69) is 31.3 Å². The van der Waals surface area contributed by atoms with Crippen LogP contribution in [0.5, 0.6) is 11.5 Å². The quantitative estimate of drug-likeness (QED) is 0.832. The summed E-state index contributed by atoms with van der Waals surface area (Å²) >= 11 is 0. The zero-order valence-electron chi connectivity index (χ0n) is 13.0. The minimum Gasteiger partial charge on any atom is -0.493 e. The van der Waals surface area contributed by atoms with E-state index < -0.39 is 0 Å². The molecule has 4 heteroatoms. The summed E-state index contributed by atoms with van der Waals surface area (Å²) in [6.07, 6.45) is 0. The summed E-state index contributed by atoms with van der Waals surface area (Å²) < 4.78 is 10.6. The molecule has 1 atom stereocenters. The first-order valence-electron chi connectivity index (χ1n) is 6.77. The maximum Gasteiger partial charge on any atom is 0.161 e. The Bertz CT molecular complexity index is 478. The van der Waals surface area contributed by atoms with Crippen LogP contribution < -0.4 is 14.8 Å². The molecule has 1 N–H and O–H groups in total. The fourth-order valence-corrected chi connectivity index (χ4v) is 2.01. The zero-order valence-corrected chi connectivity index (χ0v) is 13.0. The van der Waals surface area contributed by atoms with Crippen LogP contribution in [0.3, 0.4) is 0 Å². The third kappa shape index (κ3) is 4.14. The number of benzene rings is 1. The second kappa shape index (κ2) is 7.16. The Balaban J connectivity index is 2.79. The van der Waals surface area contributed by atoms with Gasteiger partial charge in [-0.15, -0.1) is 0 Å². The number of methoxy groups -OCH3 is 2. The molecule has 0 fully saturated rings. The average Bonchev–Trinajstić information content (AvgIpc) is 2.45. The Morgan fingerprint density at radius 3 is 2.45 bits per heavy atom. The molecule has 0 saturated heterocycles. The smallest absolute Gasteiger partial charge is 0.161 e. The molecule has 0 heterocycles. The van der Waals surface area contributed by atoms with E-state index in [0.717, 1.165) is 18.0 Å². The van der Waals surface area contributed by atoms with Gasteiger partial charge in [-0.05, 0) is 24.6 Å². The third-order valence-electron chi connectivity index (χ3n) is 3.40. The van der Waals surface area contributed by atoms with Crippen molar-refractivity contribution < 1.29 is 9.47 Å². The molecule has 20 heavy (non-hydrogen) atoms. The monoisotopic (exact) mass is 276 g/mol. The van der Waals surface area contributed by atoms with Crippen LogP contribution in [0.1, 0.15) is 26.3 Å². The van der Waals surface area contributed by atoms with Crippen molar-refractivity contribution in [1.29, 1.82) is 5.26 Å². The molecule has 0 aliphatic rings. The van der Waals surface area contributed by atoms with E-state index in [9.17, 15) is 0 Å². The average molecular weight is 276 g/mol. The van der Waals surface area contributed by atoms with E-state index >= 15 is 0 Å². The SMILES string of the molecule is COc1ccc(C(C)(C)CNCC(C)C#N)cc1OC. The summed E-state index contributed by atoms with van der Waals surface area (Å²) in [5.41, 5.74) is 1.13. The number of rotatable bonds is 7. The van der Waals surface area contributed by atoms with Gasteiger partial charge in [0.2, 0.25) is 0 Å². The van der Waals surface area contributed by atoms with Gasteiger partial charge in [-0.3, -0.25) is 0 Å². The fraction of sp³-hybridized carbons (Fsp3) is 0.562. The minimum absolute atomic E-state index is 0.0243. The van der Waals surface area contributed by atoms with E-state index in [0.29, 0.717) is 6.54 Å². The van der Waals surface area contributed by atoms with Crippen LogP contribution in [-0.4, -0.2) is 27.3 Å². The number of ether oxygens (including phenoxy) is 2. The lowest BCUT2D eigenvalue weighted by molar-refractivity contribution is 0.352. The highest BCUT2D eigenvalue weighted by Gasteiger charge is 2.22. The van der Waals surface area contributed by atoms with Gasteiger partial charge in [-0.25, -0.2) is 0 Å². The van der Waals surface area contributed by atoms with Crippen molar-refractivity contribution in [1.82, 2.24) is 5.32 Å². The molecule has 1 unspecified atom stereocenters. The Hall–Kier alpha value is -1.73. The molecule has 0 saturated carbocycles. The molecule has 0 bridgehead atoms. The van der Waals surface area contributed by atoms with Crippen LogP contribution in [0.4, 0.5) is 0 Å². The van der Waals surface area contributed by atoms with E-state index in [4.69, 9.17) is 14.7 Å². The number of nitrogens with zero attached hydrogens (tertiary/aromatic N) is 1. The predicted octanol–water partition coefficient (Wildman–Crippen LogP) is 2.73. The first-order valence-corrected chi connectivity index (χ1v) is 6.77. The lowest BCUT2D eigenvalue weighted by atomic mass is 9.84. The normalized spacial score (nSPS) is 12.6. The van der Waals surface area contributed by atoms with Crippen molar-refractivity contribution in [2.24, 2.45) is 5.92 Å². The first-order chi connectivity index (χ1) is 9.44. The maximum absolute atomic E-state index is 8.79. The summed E-state index contributed by atoms with van der Waals surface area (Å²) in [6.45, 7) is 7.74. The molecule has 0 spiro atoms. The molecule has 4 nitrogen and oxygen atoms in total. The molecule has 0 aromatic heterocycles. The van der Waals surface area contributed by atoms with Crippen LogP contribution >= 0.6 is 0 Å². The van der Waals surface area contributed by atoms with Gasteiger partial charge in [0.05, 0.1) is 26.2 Å². The maximum atomic E-state index is 8.79. The van der Waals surface area contributed by atoms with Gasteiger partial charge in [-0.1, -0.05) is 19.9 Å². The van der Waals surface area contributed by atoms with Crippen molar-refractivity contribution in [3.05, 3.63) is 23.8 Å². The molecular weight excluding hydrogens is 252 g/mol. The van der Waals surface area contributed by atoms with Crippen molar-refractivity contribution in [2.45, 2.75) is 26.2 Å². The van der Waals surface area contributed by atoms with Crippen molar-refractivity contribution in [2.75, 3.05) is 27.3 Å². The van der Waals surface area contributed by atoms with E-state index in [-0.39, 0.29) is 11.3 Å². The van der Waals surface area contributed by atoms with Crippen LogP contribution in [0.25, 0.3) is 0 Å². The lowest BCUT2D eigenvalue weighted by Gasteiger charge is -2.27. The van der Waals surface area contributed by atoms with Gasteiger partial charge in [-0.2, -0.15) is 5.26 Å². The molecular formula is C16H24N2O2. The van der Waals surface area contributed by atoms with Crippen LogP contribution in [0.15, 0.2) is 18.2 Å². The molecule has 0 radical (unpaired) electrons. The highest BCUT2D eigenvalue weighted by atomic mass is 16.5. The lowest BCUT2D eigenvalue weighted by Crippen LogP contribution is -2.35. The van der Waals surface area contributed by atoms with E-state index in [1.54, 1.807) is 14.2 Å². The van der Waals surface area contributed by atoms with E-state index in [1.807, 2.05) is 19.1 Å². The number of nitriles is 1. The van der Waals surface area contributed by atoms with Crippen LogP contribution in [0.2, 0.25) is 0 Å². The first kappa shape index (κ1) is 16.3. The van der Waals surface area contributed by atoms with Crippen LogP contribution in [0, 0.1) is 17.2 Å². The van der Waals surface area contributed by atoms with Crippen LogP contribution in [-0.2, 0) is 5.41 Å². The van der Waals surface area contributed by atoms with Crippen molar-refractivity contribution >= 4 is 0 Å². The molecule has 1 aromatic rings. The highest BCUT2D eigenvalue weighted by molar-refractivity contribution is 5.45. The van der Waals surface area contributed by atoms with Gasteiger partial charge >= 0.3 is 0 Å². The standard InChI is InChI=1S/C16H24N2O2/c1-12(9-17)10-18-11-16(2,3)13-6-7-14(19-4)15(8-13)20-5/h6-8,12,18H,10-11H2,1-5H3. The zero-order chi connectivity index (χ0) is 15.2. The topological polar surface area (TPSA) is 54.3 Å². The third-order valence-corrected chi connectivity index (χ3v) is 3.40. The number of hydrogen-bond acceptors (Lipinski definition) is 4. The van der Waals surface area contributed by atoms with E-state index in [1.165, 1.54) is 5.56 Å². The van der Waals surface area contributed by atoms with Gasteiger partial charge in [0.1, 0.15) is 0 Å². The molecule has 1 rings (SSSR count). The molecule has 0 amide bonds. The second-order valence-corrected chi connectivity index (χ2v) is 5.61. The summed E-state index contributed by atoms with van der Waals surface area (Å²) in [6, 6.07) is 8.21. The molecule has 1 aromatic carbocycles. The fourth-order valence-electron chi connectivity index (χ4n) is 2.01. The Labute approximate surface area is 121 Å². The summed E-state index contributed by atoms with van der Waals surface area (Å²) in [7, 11) is 3.27. The largest absolute Gasteiger partial charge is 0.493 e. The Morgan fingerprint density at radius 1 is 1.25 bits per heavy atom. The minimum atomic E-state index is -0.0469. The van der Waals surface area contributed by atoms with Crippen molar-refractivity contribution in [3.8, 4) is 17.6 Å². The predicted molar refractivity (Wildman–Crippen MR) is 80.2 cm³/mol. The van der Waals surface area contributed by atoms with Gasteiger partial charge in [0.25, 0.3) is 0 Å². The second-order valence-electron chi connectivity index (χ2n) is 5.61. The summed E-state index contributed by atoms with van der Waals surface area (Å²) in [5, 5.41) is 12.1.